The van der Waals surface area contributed by atoms with Crippen LogP contribution in [-0.4, -0.2) is 34.6 Å². The quantitative estimate of drug-likeness (QED) is 0.607. The number of nitrogens with zero attached hydrogens (tertiary/aromatic N) is 2. The lowest BCUT2D eigenvalue weighted by atomic mass is 10.2. The van der Waals surface area contributed by atoms with Gasteiger partial charge in [0.1, 0.15) is 0 Å². The van der Waals surface area contributed by atoms with E-state index in [0.29, 0.717) is 17.2 Å². The molecule has 2 rings (SSSR count). The molecule has 0 radical (unpaired) electrons. The number of hydrogen-bond acceptors (Lipinski definition) is 5. The second kappa shape index (κ2) is 7.36. The van der Waals surface area contributed by atoms with Crippen molar-refractivity contribution in [3.05, 3.63) is 48.0 Å². The summed E-state index contributed by atoms with van der Waals surface area (Å²) in [4.78, 5) is 0. The number of benzene rings is 2. The van der Waals surface area contributed by atoms with Gasteiger partial charge in [0.25, 0.3) is 0 Å². The van der Waals surface area contributed by atoms with Crippen molar-refractivity contribution in [2.45, 2.75) is 0 Å². The van der Waals surface area contributed by atoms with Gasteiger partial charge >= 0.3 is 0 Å². The maximum Gasteiger partial charge on any atom is 0.203 e. The molecular formula is C17H20N2O3. The Kier molecular flexibility index (Phi) is 5.25. The first-order valence-electron chi connectivity index (χ1n) is 6.83. The Balaban J connectivity index is 2.31. The van der Waals surface area contributed by atoms with E-state index in [4.69, 9.17) is 14.2 Å². The first kappa shape index (κ1) is 15.7. The number of hydrazone groups is 1. The van der Waals surface area contributed by atoms with Gasteiger partial charge in [-0.3, -0.25) is 5.01 Å². The van der Waals surface area contributed by atoms with E-state index in [1.165, 1.54) is 0 Å². The average Bonchev–Trinajstić information content (AvgIpc) is 2.59. The molecule has 0 N–H and O–H groups in total. The molecule has 5 nitrogen and oxygen atoms in total. The van der Waals surface area contributed by atoms with Gasteiger partial charge in [0.15, 0.2) is 11.5 Å². The van der Waals surface area contributed by atoms with E-state index in [9.17, 15) is 0 Å². The number of anilines is 1. The maximum atomic E-state index is 5.43. The number of methoxy groups -OCH3 is 3. The Bertz CT molecular complexity index is 642. The van der Waals surface area contributed by atoms with Crippen LogP contribution < -0.4 is 19.2 Å². The summed E-state index contributed by atoms with van der Waals surface area (Å²) in [5.74, 6) is 1.76. The number of ether oxygens (including phenoxy) is 3. The molecule has 0 aromatic heterocycles. The van der Waals surface area contributed by atoms with E-state index in [-0.39, 0.29) is 0 Å². The number of rotatable bonds is 6. The zero-order valence-electron chi connectivity index (χ0n) is 13.2. The zero-order valence-corrected chi connectivity index (χ0v) is 13.2. The first-order valence-corrected chi connectivity index (χ1v) is 6.83. The fraction of sp³-hybridized carbons (Fsp3) is 0.235. The Hall–Kier alpha value is -2.69. The summed E-state index contributed by atoms with van der Waals surface area (Å²) in [5, 5.41) is 6.22. The van der Waals surface area contributed by atoms with Gasteiger partial charge in [-0.1, -0.05) is 18.2 Å². The van der Waals surface area contributed by atoms with Crippen molar-refractivity contribution in [3.63, 3.8) is 0 Å². The monoisotopic (exact) mass is 300 g/mol. The van der Waals surface area contributed by atoms with Gasteiger partial charge in [0.2, 0.25) is 5.75 Å². The molecule has 0 atom stereocenters. The molecule has 0 unspecified atom stereocenters. The highest BCUT2D eigenvalue weighted by atomic mass is 16.5. The van der Waals surface area contributed by atoms with Gasteiger partial charge in [-0.2, -0.15) is 5.10 Å². The minimum atomic E-state index is 0.552. The van der Waals surface area contributed by atoms with E-state index in [1.807, 2.05) is 49.5 Å². The van der Waals surface area contributed by atoms with E-state index in [0.717, 1.165) is 11.3 Å². The van der Waals surface area contributed by atoms with Crippen LogP contribution >= 0.6 is 0 Å². The van der Waals surface area contributed by atoms with E-state index >= 15 is 0 Å². The van der Waals surface area contributed by atoms with Gasteiger partial charge in [-0.15, -0.1) is 0 Å². The van der Waals surface area contributed by atoms with E-state index in [2.05, 4.69) is 5.10 Å². The minimum Gasteiger partial charge on any atom is -0.493 e. The molecule has 116 valence electrons. The molecule has 0 amide bonds. The molecule has 2 aromatic carbocycles. The lowest BCUT2D eigenvalue weighted by molar-refractivity contribution is 0.324. The summed E-state index contributed by atoms with van der Waals surface area (Å²) >= 11 is 0. The molecule has 0 saturated heterocycles. The summed E-state index contributed by atoms with van der Waals surface area (Å²) in [7, 11) is 6.65. The third-order valence-corrected chi connectivity index (χ3v) is 3.23. The fourth-order valence-electron chi connectivity index (χ4n) is 2.09. The van der Waals surface area contributed by atoms with Gasteiger partial charge in [0, 0.05) is 12.6 Å². The molecule has 5 heteroatoms. The largest absolute Gasteiger partial charge is 0.493 e. The van der Waals surface area contributed by atoms with Gasteiger partial charge in [-0.05, 0) is 24.3 Å². The van der Waals surface area contributed by atoms with Crippen LogP contribution in [0.1, 0.15) is 5.56 Å². The normalized spacial score (nSPS) is 10.5. The molecule has 0 spiro atoms. The van der Waals surface area contributed by atoms with Crippen molar-refractivity contribution in [1.29, 1.82) is 0 Å². The lowest BCUT2D eigenvalue weighted by Gasteiger charge is -2.15. The van der Waals surface area contributed by atoms with Crippen LogP contribution in [-0.2, 0) is 0 Å². The molecule has 0 heterocycles. The van der Waals surface area contributed by atoms with Gasteiger partial charge in [0.05, 0.1) is 33.2 Å². The lowest BCUT2D eigenvalue weighted by Crippen LogP contribution is -2.09. The van der Waals surface area contributed by atoms with Gasteiger partial charge in [-0.25, -0.2) is 0 Å². The molecule has 0 aliphatic carbocycles. The number of para-hydroxylation sites is 1. The third-order valence-electron chi connectivity index (χ3n) is 3.23. The SMILES string of the molecule is COc1ccc(/C=N/N(C)c2ccccc2)c(OC)c1OC. The molecule has 0 saturated carbocycles. The van der Waals surface area contributed by atoms with Crippen molar-refractivity contribution in [3.8, 4) is 17.2 Å². The zero-order chi connectivity index (χ0) is 15.9. The highest BCUT2D eigenvalue weighted by molar-refractivity contribution is 5.86. The van der Waals surface area contributed by atoms with Crippen LogP contribution in [0.2, 0.25) is 0 Å². The summed E-state index contributed by atoms with van der Waals surface area (Å²) < 4.78 is 16.1. The van der Waals surface area contributed by atoms with Crippen molar-refractivity contribution >= 4 is 11.9 Å². The van der Waals surface area contributed by atoms with Crippen molar-refractivity contribution in [1.82, 2.24) is 0 Å². The molecule has 0 aliphatic rings. The molecule has 0 bridgehead atoms. The highest BCUT2D eigenvalue weighted by Gasteiger charge is 2.14. The van der Waals surface area contributed by atoms with Crippen LogP contribution in [0.25, 0.3) is 0 Å². The molecule has 2 aromatic rings. The second-order valence-electron chi connectivity index (χ2n) is 4.53. The van der Waals surface area contributed by atoms with Crippen molar-refractivity contribution in [2.24, 2.45) is 5.10 Å². The van der Waals surface area contributed by atoms with E-state index < -0.39 is 0 Å². The summed E-state index contributed by atoms with van der Waals surface area (Å²) in [5.41, 5.74) is 1.81. The molecule has 0 fully saturated rings. The summed E-state index contributed by atoms with van der Waals surface area (Å²) in [6.45, 7) is 0. The highest BCUT2D eigenvalue weighted by Crippen LogP contribution is 2.39. The van der Waals surface area contributed by atoms with Crippen LogP contribution in [0, 0.1) is 0 Å². The van der Waals surface area contributed by atoms with Gasteiger partial charge < -0.3 is 14.2 Å². The van der Waals surface area contributed by atoms with Crippen molar-refractivity contribution in [2.75, 3.05) is 33.4 Å². The molecule has 0 aliphatic heterocycles. The fourth-order valence-corrected chi connectivity index (χ4v) is 2.09. The summed E-state index contributed by atoms with van der Waals surface area (Å²) in [6.07, 6.45) is 1.73. The van der Waals surface area contributed by atoms with Crippen LogP contribution in [0.5, 0.6) is 17.2 Å². The predicted octanol–water partition coefficient (Wildman–Crippen LogP) is 3.18. The predicted molar refractivity (Wildman–Crippen MR) is 88.5 cm³/mol. The van der Waals surface area contributed by atoms with Crippen LogP contribution in [0.3, 0.4) is 0 Å². The topological polar surface area (TPSA) is 43.3 Å². The molecular weight excluding hydrogens is 280 g/mol. The maximum absolute atomic E-state index is 5.43. The Morgan fingerprint density at radius 2 is 1.55 bits per heavy atom. The summed E-state index contributed by atoms with van der Waals surface area (Å²) in [6, 6.07) is 13.6. The molecule has 22 heavy (non-hydrogen) atoms. The second-order valence-corrected chi connectivity index (χ2v) is 4.53. The smallest absolute Gasteiger partial charge is 0.203 e. The standard InChI is InChI=1S/C17H20N2O3/c1-19(14-8-6-5-7-9-14)18-12-13-10-11-15(20-2)17(22-4)16(13)21-3/h5-12H,1-4H3/b18-12+. The Morgan fingerprint density at radius 3 is 2.14 bits per heavy atom. The minimum absolute atomic E-state index is 0.552. The Morgan fingerprint density at radius 1 is 0.864 bits per heavy atom. The van der Waals surface area contributed by atoms with Crippen LogP contribution in [0.4, 0.5) is 5.69 Å². The Labute approximate surface area is 130 Å². The number of hydrogen-bond donors (Lipinski definition) is 0. The average molecular weight is 300 g/mol. The van der Waals surface area contributed by atoms with Crippen molar-refractivity contribution < 1.29 is 14.2 Å². The van der Waals surface area contributed by atoms with E-state index in [1.54, 1.807) is 32.6 Å². The van der Waals surface area contributed by atoms with Crippen LogP contribution in [0.15, 0.2) is 47.6 Å². The first-order chi connectivity index (χ1) is 10.7. The third kappa shape index (κ3) is 3.31.